The first kappa shape index (κ1) is 18.7. The summed E-state index contributed by atoms with van der Waals surface area (Å²) >= 11 is 0. The molecule has 0 unspecified atom stereocenters. The van der Waals surface area contributed by atoms with Gasteiger partial charge in [0.2, 0.25) is 0 Å². The molecule has 2 atom stereocenters. The third-order valence-electron chi connectivity index (χ3n) is 7.27. The van der Waals surface area contributed by atoms with Crippen LogP contribution < -0.4 is 10.7 Å². The van der Waals surface area contributed by atoms with Gasteiger partial charge < -0.3 is 5.32 Å². The Labute approximate surface area is 161 Å². The Hall–Kier alpha value is -1.63. The lowest BCUT2D eigenvalue weighted by atomic mass is 9.75. The molecule has 0 aromatic heterocycles. The van der Waals surface area contributed by atoms with Gasteiger partial charge in [-0.3, -0.25) is 19.9 Å². The van der Waals surface area contributed by atoms with Crippen LogP contribution in [0.4, 0.5) is 4.79 Å². The van der Waals surface area contributed by atoms with Crippen LogP contribution >= 0.6 is 0 Å². The zero-order valence-electron chi connectivity index (χ0n) is 16.3. The number of hydrogen-bond donors (Lipinski definition) is 2. The minimum atomic E-state index is -0.808. The summed E-state index contributed by atoms with van der Waals surface area (Å²) in [5.74, 6) is 1.53. The lowest BCUT2D eigenvalue weighted by Crippen LogP contribution is -2.53. The van der Waals surface area contributed by atoms with Gasteiger partial charge in [0, 0.05) is 6.54 Å². The predicted molar refractivity (Wildman–Crippen MR) is 100 cm³/mol. The van der Waals surface area contributed by atoms with E-state index in [1.165, 1.54) is 25.7 Å². The molecule has 7 nitrogen and oxygen atoms in total. The first-order valence-corrected chi connectivity index (χ1v) is 10.7. The molecule has 4 rings (SSSR count). The molecule has 0 bridgehead atoms. The maximum absolute atomic E-state index is 12.8. The molecule has 4 amide bonds. The molecule has 27 heavy (non-hydrogen) atoms. The number of hydrazine groups is 1. The zero-order valence-corrected chi connectivity index (χ0v) is 16.3. The first-order chi connectivity index (χ1) is 13.0. The number of imide groups is 1. The Morgan fingerprint density at radius 1 is 1.11 bits per heavy atom. The molecule has 2 saturated heterocycles. The van der Waals surface area contributed by atoms with Gasteiger partial charge in [-0.2, -0.15) is 5.01 Å². The van der Waals surface area contributed by atoms with Gasteiger partial charge in [-0.1, -0.05) is 26.2 Å². The van der Waals surface area contributed by atoms with Crippen molar-refractivity contribution in [2.75, 3.05) is 19.6 Å². The molecule has 2 aliphatic heterocycles. The highest BCUT2D eigenvalue weighted by atomic mass is 16.2. The number of hydrogen-bond acceptors (Lipinski definition) is 4. The van der Waals surface area contributed by atoms with Crippen molar-refractivity contribution in [3.63, 3.8) is 0 Å². The molecular formula is C20H32N4O3. The van der Waals surface area contributed by atoms with Crippen molar-refractivity contribution in [2.24, 2.45) is 17.8 Å². The average Bonchev–Trinajstić information content (AvgIpc) is 2.88. The molecule has 4 aliphatic rings. The maximum Gasteiger partial charge on any atom is 0.344 e. The predicted octanol–water partition coefficient (Wildman–Crippen LogP) is 2.03. The van der Waals surface area contributed by atoms with Gasteiger partial charge in [-0.15, -0.1) is 0 Å². The van der Waals surface area contributed by atoms with Crippen molar-refractivity contribution in [3.8, 4) is 0 Å². The molecule has 2 N–H and O–H groups in total. The topological polar surface area (TPSA) is 81.8 Å². The smallest absolute Gasteiger partial charge is 0.322 e. The largest absolute Gasteiger partial charge is 0.344 e. The second-order valence-electron chi connectivity index (χ2n) is 9.20. The Bertz CT molecular complexity index is 614. The summed E-state index contributed by atoms with van der Waals surface area (Å²) in [7, 11) is 0. The fraction of sp³-hybridized carbons (Fsp3) is 0.850. The van der Waals surface area contributed by atoms with E-state index in [2.05, 4.69) is 22.6 Å². The lowest BCUT2D eigenvalue weighted by Gasteiger charge is -2.41. The SMILES string of the molecule is CC1CCC2(CC1)NC(=O)N(NC(=O)CN1CC[C@H]3CCCC[C@@H]3C1)C2=O. The number of urea groups is 1. The number of amides is 4. The summed E-state index contributed by atoms with van der Waals surface area (Å²) in [4.78, 5) is 39.8. The number of rotatable bonds is 3. The number of piperidine rings is 1. The van der Waals surface area contributed by atoms with Gasteiger partial charge in [-0.05, 0) is 62.8 Å². The Balaban J connectivity index is 1.31. The van der Waals surface area contributed by atoms with Crippen molar-refractivity contribution < 1.29 is 14.4 Å². The standard InChI is InChI=1S/C20H32N4O3/c1-14-6-9-20(10-7-14)18(26)24(19(27)21-20)22-17(25)13-23-11-8-15-4-2-3-5-16(15)12-23/h14-16H,2-13H2,1H3,(H,21,27)(H,22,25)/t14?,15-,16-,20?/m1/s1. The van der Waals surface area contributed by atoms with Crippen molar-refractivity contribution in [2.45, 2.75) is 70.3 Å². The van der Waals surface area contributed by atoms with Gasteiger partial charge in [0.25, 0.3) is 11.8 Å². The number of carbonyl (C=O) groups excluding carboxylic acids is 3. The highest BCUT2D eigenvalue weighted by molar-refractivity contribution is 6.08. The second kappa shape index (κ2) is 7.41. The summed E-state index contributed by atoms with van der Waals surface area (Å²) in [5.41, 5.74) is 1.76. The molecule has 2 aliphatic carbocycles. The van der Waals surface area contributed by atoms with E-state index in [4.69, 9.17) is 0 Å². The summed E-state index contributed by atoms with van der Waals surface area (Å²) in [6, 6.07) is -0.492. The monoisotopic (exact) mass is 376 g/mol. The van der Waals surface area contributed by atoms with Gasteiger partial charge in [0.1, 0.15) is 5.54 Å². The summed E-state index contributed by atoms with van der Waals surface area (Å²) in [6.07, 6.45) is 9.53. The molecular weight excluding hydrogens is 344 g/mol. The maximum atomic E-state index is 12.8. The summed E-state index contributed by atoms with van der Waals surface area (Å²) in [5, 5.41) is 3.77. The molecule has 2 saturated carbocycles. The number of nitrogens with zero attached hydrogens (tertiary/aromatic N) is 2. The van der Waals surface area contributed by atoms with E-state index in [0.717, 1.165) is 43.3 Å². The van der Waals surface area contributed by atoms with Crippen LogP contribution in [-0.4, -0.2) is 52.9 Å². The molecule has 7 heteroatoms. The summed E-state index contributed by atoms with van der Waals surface area (Å²) < 4.78 is 0. The van der Waals surface area contributed by atoms with E-state index in [0.29, 0.717) is 24.7 Å². The quantitative estimate of drug-likeness (QED) is 0.739. The van der Waals surface area contributed by atoms with Crippen LogP contribution in [-0.2, 0) is 9.59 Å². The molecule has 150 valence electrons. The fourth-order valence-electron chi connectivity index (χ4n) is 5.50. The van der Waals surface area contributed by atoms with E-state index >= 15 is 0 Å². The van der Waals surface area contributed by atoms with Crippen LogP contribution in [0.3, 0.4) is 0 Å². The number of fused-ring (bicyclic) bond motifs is 1. The minimum Gasteiger partial charge on any atom is -0.322 e. The zero-order chi connectivity index (χ0) is 19.0. The average molecular weight is 377 g/mol. The number of nitrogens with one attached hydrogen (secondary N) is 2. The normalized spacial score (nSPS) is 37.2. The Morgan fingerprint density at radius 3 is 2.56 bits per heavy atom. The van der Waals surface area contributed by atoms with E-state index < -0.39 is 11.6 Å². The minimum absolute atomic E-state index is 0.254. The van der Waals surface area contributed by atoms with Crippen LogP contribution in [0.25, 0.3) is 0 Å². The third kappa shape index (κ3) is 3.71. The van der Waals surface area contributed by atoms with Crippen LogP contribution in [0.15, 0.2) is 0 Å². The second-order valence-corrected chi connectivity index (χ2v) is 9.20. The Kier molecular flexibility index (Phi) is 5.14. The van der Waals surface area contributed by atoms with E-state index in [9.17, 15) is 14.4 Å². The van der Waals surface area contributed by atoms with Gasteiger partial charge in [-0.25, -0.2) is 4.79 Å². The molecule has 0 aromatic carbocycles. The molecule has 1 spiro atoms. The highest BCUT2D eigenvalue weighted by Gasteiger charge is 2.53. The van der Waals surface area contributed by atoms with Crippen LogP contribution in [0.2, 0.25) is 0 Å². The molecule has 2 heterocycles. The van der Waals surface area contributed by atoms with E-state index in [-0.39, 0.29) is 18.4 Å². The van der Waals surface area contributed by atoms with Gasteiger partial charge in [0.15, 0.2) is 0 Å². The third-order valence-corrected chi connectivity index (χ3v) is 7.27. The van der Waals surface area contributed by atoms with E-state index in [1.54, 1.807) is 0 Å². The number of likely N-dealkylation sites (tertiary alicyclic amines) is 1. The lowest BCUT2D eigenvalue weighted by molar-refractivity contribution is -0.140. The van der Waals surface area contributed by atoms with Gasteiger partial charge >= 0.3 is 6.03 Å². The van der Waals surface area contributed by atoms with Crippen molar-refractivity contribution >= 4 is 17.8 Å². The van der Waals surface area contributed by atoms with Crippen molar-refractivity contribution in [1.29, 1.82) is 0 Å². The van der Waals surface area contributed by atoms with Gasteiger partial charge in [0.05, 0.1) is 6.54 Å². The Morgan fingerprint density at radius 2 is 1.81 bits per heavy atom. The van der Waals surface area contributed by atoms with Crippen LogP contribution in [0.1, 0.15) is 64.7 Å². The van der Waals surface area contributed by atoms with Crippen molar-refractivity contribution in [3.05, 3.63) is 0 Å². The van der Waals surface area contributed by atoms with Crippen LogP contribution in [0.5, 0.6) is 0 Å². The molecule has 4 fully saturated rings. The van der Waals surface area contributed by atoms with Crippen molar-refractivity contribution in [1.82, 2.24) is 20.7 Å². The molecule has 0 aromatic rings. The molecule has 0 radical (unpaired) electrons. The van der Waals surface area contributed by atoms with Crippen LogP contribution in [0, 0.1) is 17.8 Å². The number of carbonyl (C=O) groups is 3. The fourth-order valence-corrected chi connectivity index (χ4v) is 5.50. The summed E-state index contributed by atoms with van der Waals surface area (Å²) in [6.45, 7) is 4.31. The first-order valence-electron chi connectivity index (χ1n) is 10.7. The highest BCUT2D eigenvalue weighted by Crippen LogP contribution is 2.37. The van der Waals surface area contributed by atoms with E-state index in [1.807, 2.05) is 0 Å².